The van der Waals surface area contributed by atoms with Gasteiger partial charge in [-0.25, -0.2) is 4.98 Å². The van der Waals surface area contributed by atoms with Crippen LogP contribution in [0.4, 0.5) is 11.5 Å². The highest BCUT2D eigenvalue weighted by Crippen LogP contribution is 2.20. The standard InChI is InChI=1S/C17H21N3O.C10H12N2/c21-17(12-14-6-2-1-3-7-14)19-16-9-8-15(13-18-16)20-10-4-5-11-20;1-12-7-6-9-2-4-10(8-11)5-3-9/h2,6-9,13H,1,3-5,10-12H2,(H,18,19,21);2-5,12H,6-7H2,1H3. The lowest BCUT2D eigenvalue weighted by atomic mass is 10.0. The monoisotopic (exact) mass is 443 g/mol. The lowest BCUT2D eigenvalue weighted by Gasteiger charge is -2.17. The van der Waals surface area contributed by atoms with Crippen LogP contribution in [-0.4, -0.2) is 37.6 Å². The predicted octanol–water partition coefficient (Wildman–Crippen LogP) is 4.61. The molecule has 1 fully saturated rings. The number of rotatable bonds is 7. The van der Waals surface area contributed by atoms with Crippen molar-refractivity contribution in [2.75, 3.05) is 36.9 Å². The molecular formula is C27H33N5O. The van der Waals surface area contributed by atoms with Gasteiger partial charge in [-0.05, 0) is 81.1 Å². The smallest absolute Gasteiger partial charge is 0.229 e. The molecule has 0 radical (unpaired) electrons. The fourth-order valence-corrected chi connectivity index (χ4v) is 3.81. The van der Waals surface area contributed by atoms with Gasteiger partial charge in [0.1, 0.15) is 5.82 Å². The van der Waals surface area contributed by atoms with Crippen molar-refractivity contribution in [3.05, 3.63) is 77.5 Å². The Bertz CT molecular complexity index is 981. The van der Waals surface area contributed by atoms with Gasteiger partial charge in [0.05, 0.1) is 29.9 Å². The number of nitrogens with zero attached hydrogens (tertiary/aromatic N) is 3. The summed E-state index contributed by atoms with van der Waals surface area (Å²) in [4.78, 5) is 18.7. The van der Waals surface area contributed by atoms with Crippen molar-refractivity contribution < 1.29 is 4.79 Å². The number of benzene rings is 1. The lowest BCUT2D eigenvalue weighted by molar-refractivity contribution is -0.115. The van der Waals surface area contributed by atoms with Crippen molar-refractivity contribution in [3.63, 3.8) is 0 Å². The lowest BCUT2D eigenvalue weighted by Crippen LogP contribution is -2.18. The van der Waals surface area contributed by atoms with E-state index >= 15 is 0 Å². The van der Waals surface area contributed by atoms with E-state index in [-0.39, 0.29) is 5.91 Å². The summed E-state index contributed by atoms with van der Waals surface area (Å²) in [6.45, 7) is 3.19. The van der Waals surface area contributed by atoms with Crippen LogP contribution < -0.4 is 15.5 Å². The summed E-state index contributed by atoms with van der Waals surface area (Å²) in [5.41, 5.74) is 4.22. The topological polar surface area (TPSA) is 81.0 Å². The van der Waals surface area contributed by atoms with Gasteiger partial charge in [0, 0.05) is 13.1 Å². The molecule has 2 aromatic rings. The van der Waals surface area contributed by atoms with Gasteiger partial charge in [-0.3, -0.25) is 4.79 Å². The first kappa shape index (κ1) is 24.2. The Labute approximate surface area is 197 Å². The molecule has 33 heavy (non-hydrogen) atoms. The molecule has 0 saturated carbocycles. The van der Waals surface area contributed by atoms with E-state index in [1.165, 1.54) is 18.4 Å². The SMILES string of the molecule is CNCCc1ccc(C#N)cc1.O=C(CC1=CCCC=C1)Nc1ccc(N2CCCC2)cn1. The molecule has 2 heterocycles. The largest absolute Gasteiger partial charge is 0.370 e. The highest BCUT2D eigenvalue weighted by atomic mass is 16.1. The predicted molar refractivity (Wildman–Crippen MR) is 134 cm³/mol. The van der Waals surface area contributed by atoms with Crippen molar-refractivity contribution in [1.29, 1.82) is 5.26 Å². The fraction of sp³-hybridized carbons (Fsp3) is 0.370. The van der Waals surface area contributed by atoms with Crippen LogP contribution in [0.2, 0.25) is 0 Å². The van der Waals surface area contributed by atoms with Gasteiger partial charge < -0.3 is 15.5 Å². The molecule has 1 aliphatic heterocycles. The van der Waals surface area contributed by atoms with Crippen LogP contribution in [0.3, 0.4) is 0 Å². The molecule has 0 spiro atoms. The Balaban J connectivity index is 0.000000218. The molecule has 2 aliphatic rings. The normalized spacial score (nSPS) is 14.7. The highest BCUT2D eigenvalue weighted by Gasteiger charge is 2.13. The molecule has 6 heteroatoms. The van der Waals surface area contributed by atoms with Crippen molar-refractivity contribution in [2.24, 2.45) is 0 Å². The molecular weight excluding hydrogens is 410 g/mol. The van der Waals surface area contributed by atoms with Crippen LogP contribution in [0.25, 0.3) is 0 Å². The average Bonchev–Trinajstić information content (AvgIpc) is 3.40. The van der Waals surface area contributed by atoms with E-state index in [9.17, 15) is 4.79 Å². The third-order valence-electron chi connectivity index (χ3n) is 5.67. The Kier molecular flexibility index (Phi) is 9.68. The highest BCUT2D eigenvalue weighted by molar-refractivity contribution is 5.91. The number of likely N-dealkylation sites (N-methyl/N-ethyl adjacent to an activating group) is 1. The summed E-state index contributed by atoms with van der Waals surface area (Å²) < 4.78 is 0. The summed E-state index contributed by atoms with van der Waals surface area (Å²) in [7, 11) is 1.93. The second-order valence-corrected chi connectivity index (χ2v) is 8.24. The van der Waals surface area contributed by atoms with E-state index < -0.39 is 0 Å². The molecule has 1 amide bonds. The zero-order valence-electron chi connectivity index (χ0n) is 19.4. The molecule has 0 bridgehead atoms. The van der Waals surface area contributed by atoms with Crippen LogP contribution in [0.15, 0.2) is 66.4 Å². The van der Waals surface area contributed by atoms with E-state index in [2.05, 4.69) is 38.7 Å². The number of hydrogen-bond acceptors (Lipinski definition) is 5. The van der Waals surface area contributed by atoms with E-state index in [0.29, 0.717) is 12.2 Å². The van der Waals surface area contributed by atoms with E-state index in [1.54, 1.807) is 0 Å². The van der Waals surface area contributed by atoms with Gasteiger partial charge in [-0.2, -0.15) is 5.26 Å². The molecule has 1 saturated heterocycles. The van der Waals surface area contributed by atoms with Crippen LogP contribution in [0, 0.1) is 11.3 Å². The van der Waals surface area contributed by atoms with Crippen LogP contribution in [-0.2, 0) is 11.2 Å². The minimum absolute atomic E-state index is 0.00535. The van der Waals surface area contributed by atoms with E-state index in [1.807, 2.05) is 55.7 Å². The number of amides is 1. The zero-order valence-corrected chi connectivity index (χ0v) is 19.4. The number of nitrogens with one attached hydrogen (secondary N) is 2. The van der Waals surface area contributed by atoms with E-state index in [0.717, 1.165) is 55.7 Å². The number of allylic oxidation sites excluding steroid dienone is 3. The van der Waals surface area contributed by atoms with Crippen LogP contribution in [0.5, 0.6) is 0 Å². The van der Waals surface area contributed by atoms with Gasteiger partial charge in [0.2, 0.25) is 5.91 Å². The first-order valence-corrected chi connectivity index (χ1v) is 11.7. The Hall–Kier alpha value is -3.43. The molecule has 1 aliphatic carbocycles. The summed E-state index contributed by atoms with van der Waals surface area (Å²) >= 11 is 0. The van der Waals surface area contributed by atoms with Gasteiger partial charge >= 0.3 is 0 Å². The Morgan fingerprint density at radius 3 is 2.52 bits per heavy atom. The quantitative estimate of drug-likeness (QED) is 0.653. The average molecular weight is 444 g/mol. The Morgan fingerprint density at radius 2 is 1.91 bits per heavy atom. The summed E-state index contributed by atoms with van der Waals surface area (Å²) in [6, 6.07) is 13.7. The number of nitriles is 1. The number of carbonyl (C=O) groups is 1. The van der Waals surface area contributed by atoms with Crippen molar-refractivity contribution >= 4 is 17.4 Å². The molecule has 6 nitrogen and oxygen atoms in total. The number of pyridine rings is 1. The maximum atomic E-state index is 12.0. The second-order valence-electron chi connectivity index (χ2n) is 8.24. The maximum absolute atomic E-state index is 12.0. The maximum Gasteiger partial charge on any atom is 0.229 e. The molecule has 0 atom stereocenters. The fourth-order valence-electron chi connectivity index (χ4n) is 3.81. The first-order chi connectivity index (χ1) is 16.2. The minimum Gasteiger partial charge on any atom is -0.370 e. The van der Waals surface area contributed by atoms with Gasteiger partial charge in [0.15, 0.2) is 0 Å². The third kappa shape index (κ3) is 8.21. The van der Waals surface area contributed by atoms with Crippen LogP contribution >= 0.6 is 0 Å². The summed E-state index contributed by atoms with van der Waals surface area (Å²) in [5.74, 6) is 0.623. The summed E-state index contributed by atoms with van der Waals surface area (Å²) in [6.07, 6.45) is 14.2. The molecule has 1 aromatic heterocycles. The molecule has 1 aromatic carbocycles. The molecule has 172 valence electrons. The molecule has 0 unspecified atom stereocenters. The van der Waals surface area contributed by atoms with E-state index in [4.69, 9.17) is 5.26 Å². The second kappa shape index (κ2) is 13.2. The number of anilines is 2. The third-order valence-corrected chi connectivity index (χ3v) is 5.67. The van der Waals surface area contributed by atoms with Crippen LogP contribution in [0.1, 0.15) is 43.2 Å². The molecule has 4 rings (SSSR count). The number of hydrogen-bond donors (Lipinski definition) is 2. The van der Waals surface area contributed by atoms with Gasteiger partial charge in [-0.15, -0.1) is 0 Å². The number of aromatic nitrogens is 1. The summed E-state index contributed by atoms with van der Waals surface area (Å²) in [5, 5.41) is 14.5. The zero-order chi connectivity index (χ0) is 23.3. The van der Waals surface area contributed by atoms with Crippen molar-refractivity contribution in [2.45, 2.75) is 38.5 Å². The number of carbonyl (C=O) groups excluding carboxylic acids is 1. The first-order valence-electron chi connectivity index (χ1n) is 11.7. The minimum atomic E-state index is -0.00535. The van der Waals surface area contributed by atoms with Crippen molar-refractivity contribution in [1.82, 2.24) is 10.3 Å². The van der Waals surface area contributed by atoms with Gasteiger partial charge in [-0.1, -0.05) is 30.4 Å². The van der Waals surface area contributed by atoms with Gasteiger partial charge in [0.25, 0.3) is 0 Å². The molecule has 2 N–H and O–H groups in total. The Morgan fingerprint density at radius 1 is 1.12 bits per heavy atom. The van der Waals surface area contributed by atoms with Crippen molar-refractivity contribution in [3.8, 4) is 6.07 Å².